The second kappa shape index (κ2) is 13.7. The van der Waals surface area contributed by atoms with Crippen LogP contribution in [0.4, 0.5) is 0 Å². The molecule has 8 rings (SSSR count). The van der Waals surface area contributed by atoms with Gasteiger partial charge in [0.25, 0.3) is 0 Å². The maximum Gasteiger partial charge on any atom is 0.187 e. The van der Waals surface area contributed by atoms with Crippen LogP contribution in [0.15, 0.2) is 11.6 Å². The van der Waals surface area contributed by atoms with E-state index in [2.05, 4.69) is 33.8 Å². The fraction of sp³-hybridized carbons (Fsp3) is 0.949. The standard InChI is InChI=1S/C39H62O13/c1-17-8-11-39(47-16-17)18(2)28-25(52-39)14-24-22-7-6-20-12-21(41)13-27(38(20,5)23(22)9-10-37(24,28)4)50-36-34(32(45)30(43)26(15-40)49-36)51-35-33(46)31(44)29(42)19(3)48-35/h6,17-19,21-36,40-46H,7-16H2,1-5H3/t17-,18+,19+,21+,22-,23+,24+,25+,26+,27-,28+,29+,30+,31-,32-,33-,34-,35+,36-,37+,38+,39-/m1/s1. The lowest BCUT2D eigenvalue weighted by Gasteiger charge is -2.60. The molecular formula is C39H62O13. The van der Waals surface area contributed by atoms with Gasteiger partial charge in [-0.15, -0.1) is 0 Å². The van der Waals surface area contributed by atoms with Gasteiger partial charge in [0.05, 0.1) is 37.6 Å². The zero-order valence-electron chi connectivity index (χ0n) is 31.2. The maximum absolute atomic E-state index is 11.3. The van der Waals surface area contributed by atoms with Crippen LogP contribution in [0.1, 0.15) is 86.0 Å². The van der Waals surface area contributed by atoms with Gasteiger partial charge in [-0.2, -0.15) is 0 Å². The number of hydrogen-bond donors (Lipinski definition) is 7. The summed E-state index contributed by atoms with van der Waals surface area (Å²) in [6, 6.07) is 0. The van der Waals surface area contributed by atoms with E-state index in [0.717, 1.165) is 50.7 Å². The van der Waals surface area contributed by atoms with Crippen molar-refractivity contribution in [3.05, 3.63) is 11.6 Å². The van der Waals surface area contributed by atoms with Crippen molar-refractivity contribution in [1.29, 1.82) is 0 Å². The van der Waals surface area contributed by atoms with Gasteiger partial charge >= 0.3 is 0 Å². The fourth-order valence-electron chi connectivity index (χ4n) is 12.6. The first-order valence-corrected chi connectivity index (χ1v) is 19.9. The predicted octanol–water partition coefficient (Wildman–Crippen LogP) is 1.36. The highest BCUT2D eigenvalue weighted by molar-refractivity contribution is 5.29. The molecular weight excluding hydrogens is 676 g/mol. The lowest BCUT2D eigenvalue weighted by atomic mass is 9.46. The quantitative estimate of drug-likeness (QED) is 0.200. The molecule has 7 fully saturated rings. The first-order valence-electron chi connectivity index (χ1n) is 19.9. The Bertz CT molecular complexity index is 1340. The minimum atomic E-state index is -1.66. The van der Waals surface area contributed by atoms with Crippen molar-refractivity contribution in [3.8, 4) is 0 Å². The molecule has 7 N–H and O–H groups in total. The van der Waals surface area contributed by atoms with Gasteiger partial charge < -0.3 is 64.2 Å². The molecule has 13 nitrogen and oxygen atoms in total. The van der Waals surface area contributed by atoms with Crippen LogP contribution in [0.3, 0.4) is 0 Å². The van der Waals surface area contributed by atoms with Crippen LogP contribution in [0.5, 0.6) is 0 Å². The Kier molecular flexibility index (Phi) is 10.0. The van der Waals surface area contributed by atoms with Crippen molar-refractivity contribution < 1.29 is 64.2 Å². The molecule has 8 aliphatic rings. The Hall–Kier alpha value is -0.780. The summed E-state index contributed by atoms with van der Waals surface area (Å²) >= 11 is 0. The number of aliphatic hydroxyl groups is 7. The van der Waals surface area contributed by atoms with E-state index in [1.54, 1.807) is 0 Å². The molecule has 22 atom stereocenters. The van der Waals surface area contributed by atoms with E-state index in [0.29, 0.717) is 42.4 Å². The number of rotatable bonds is 5. The van der Waals surface area contributed by atoms with Gasteiger partial charge in [-0.1, -0.05) is 39.3 Å². The molecule has 4 saturated heterocycles. The number of fused-ring (bicyclic) bond motifs is 7. The summed E-state index contributed by atoms with van der Waals surface area (Å²) in [6.07, 6.45) is -5.95. The molecule has 4 aliphatic heterocycles. The van der Waals surface area contributed by atoms with Crippen LogP contribution in [0.2, 0.25) is 0 Å². The van der Waals surface area contributed by atoms with E-state index in [1.165, 1.54) is 6.92 Å². The Morgan fingerprint density at radius 3 is 2.31 bits per heavy atom. The van der Waals surface area contributed by atoms with E-state index in [1.807, 2.05) is 0 Å². The van der Waals surface area contributed by atoms with Crippen molar-refractivity contribution in [2.75, 3.05) is 13.2 Å². The monoisotopic (exact) mass is 738 g/mol. The summed E-state index contributed by atoms with van der Waals surface area (Å²) in [7, 11) is 0. The molecule has 0 amide bonds. The lowest BCUT2D eigenvalue weighted by molar-refractivity contribution is -0.374. The van der Waals surface area contributed by atoms with Crippen molar-refractivity contribution in [2.45, 2.75) is 171 Å². The number of ether oxygens (including phenoxy) is 6. The van der Waals surface area contributed by atoms with Gasteiger partial charge in [-0.05, 0) is 80.5 Å². The molecule has 0 aromatic rings. The van der Waals surface area contributed by atoms with Crippen molar-refractivity contribution in [1.82, 2.24) is 0 Å². The van der Waals surface area contributed by atoms with E-state index < -0.39 is 91.4 Å². The minimum absolute atomic E-state index is 0.101. The van der Waals surface area contributed by atoms with E-state index in [4.69, 9.17) is 28.4 Å². The molecule has 0 aromatic carbocycles. The van der Waals surface area contributed by atoms with Crippen molar-refractivity contribution in [3.63, 3.8) is 0 Å². The molecule has 0 bridgehead atoms. The van der Waals surface area contributed by atoms with Crippen LogP contribution >= 0.6 is 0 Å². The van der Waals surface area contributed by atoms with Crippen LogP contribution in [0.25, 0.3) is 0 Å². The first-order chi connectivity index (χ1) is 24.6. The minimum Gasteiger partial charge on any atom is -0.394 e. The summed E-state index contributed by atoms with van der Waals surface area (Å²) < 4.78 is 38.2. The van der Waals surface area contributed by atoms with Crippen LogP contribution in [-0.4, -0.2) is 134 Å². The third kappa shape index (κ3) is 5.74. The molecule has 296 valence electrons. The molecule has 3 saturated carbocycles. The van der Waals surface area contributed by atoms with Gasteiger partial charge in [0, 0.05) is 24.2 Å². The normalized spacial score (nSPS) is 58.9. The molecule has 52 heavy (non-hydrogen) atoms. The smallest absolute Gasteiger partial charge is 0.187 e. The molecule has 0 radical (unpaired) electrons. The third-order valence-corrected chi connectivity index (χ3v) is 15.6. The SMILES string of the molecule is C[C@@H]1CC[C@@]2(OC1)O[C@H]1C[C@H]3[C@@H]4CC=C5C[C@H](O)C[C@@H](O[C@H]6O[C@@H](CO)[C@H](O)[C@@H](O)[C@H]6O[C@@H]6O[C@@H](C)[C@H](O)[C@@H](O)[C@H]6O)[C@]5(C)[C@H]4CC[C@]3(C)[C@H]1[C@@H]2C. The topological polar surface area (TPSA) is 197 Å². The van der Waals surface area contributed by atoms with E-state index in [-0.39, 0.29) is 17.4 Å². The molecule has 0 aromatic heterocycles. The summed E-state index contributed by atoms with van der Waals surface area (Å²) in [5, 5.41) is 74.9. The van der Waals surface area contributed by atoms with Gasteiger partial charge in [0.1, 0.15) is 42.7 Å². The van der Waals surface area contributed by atoms with Gasteiger partial charge in [0.15, 0.2) is 18.4 Å². The van der Waals surface area contributed by atoms with Gasteiger partial charge in [-0.3, -0.25) is 0 Å². The second-order valence-corrected chi connectivity index (χ2v) is 18.3. The van der Waals surface area contributed by atoms with Crippen molar-refractivity contribution in [2.24, 2.45) is 46.3 Å². The summed E-state index contributed by atoms with van der Waals surface area (Å²) in [4.78, 5) is 0. The summed E-state index contributed by atoms with van der Waals surface area (Å²) in [5.41, 5.74) is 0.762. The van der Waals surface area contributed by atoms with Gasteiger partial charge in [0.2, 0.25) is 0 Å². The third-order valence-electron chi connectivity index (χ3n) is 15.6. The van der Waals surface area contributed by atoms with Crippen LogP contribution in [0, 0.1) is 46.3 Å². The largest absolute Gasteiger partial charge is 0.394 e. The average molecular weight is 739 g/mol. The highest BCUT2D eigenvalue weighted by Crippen LogP contribution is 2.71. The Morgan fingerprint density at radius 2 is 1.60 bits per heavy atom. The number of hydrogen-bond acceptors (Lipinski definition) is 13. The predicted molar refractivity (Wildman–Crippen MR) is 183 cm³/mol. The average Bonchev–Trinajstić information content (AvgIpc) is 3.56. The Morgan fingerprint density at radius 1 is 0.827 bits per heavy atom. The lowest BCUT2D eigenvalue weighted by Crippen LogP contribution is -2.65. The summed E-state index contributed by atoms with van der Waals surface area (Å²) in [5.74, 6) is 1.86. The van der Waals surface area contributed by atoms with Crippen LogP contribution in [-0.2, 0) is 28.4 Å². The fourth-order valence-corrected chi connectivity index (χ4v) is 12.6. The van der Waals surface area contributed by atoms with Crippen molar-refractivity contribution >= 4 is 0 Å². The van der Waals surface area contributed by atoms with Gasteiger partial charge in [-0.25, -0.2) is 0 Å². The zero-order valence-corrected chi connectivity index (χ0v) is 31.2. The molecule has 1 spiro atoms. The Balaban J connectivity index is 1.06. The highest BCUT2D eigenvalue weighted by Gasteiger charge is 2.69. The molecule has 4 aliphatic carbocycles. The summed E-state index contributed by atoms with van der Waals surface area (Å²) in [6.45, 7) is 11.0. The van der Waals surface area contributed by atoms with E-state index >= 15 is 0 Å². The maximum atomic E-state index is 11.3. The number of aliphatic hydroxyl groups excluding tert-OH is 7. The molecule has 13 heteroatoms. The second-order valence-electron chi connectivity index (χ2n) is 18.3. The zero-order chi connectivity index (χ0) is 37.1. The molecule has 0 unspecified atom stereocenters. The van der Waals surface area contributed by atoms with Crippen LogP contribution < -0.4 is 0 Å². The molecule has 4 heterocycles. The first kappa shape index (κ1) is 38.1. The number of allylic oxidation sites excluding steroid dienone is 1. The Labute approximate surface area is 306 Å². The highest BCUT2D eigenvalue weighted by atomic mass is 16.8. The van der Waals surface area contributed by atoms with E-state index in [9.17, 15) is 35.7 Å².